The number of hydrogen-bond acceptors (Lipinski definition) is 4. The predicted molar refractivity (Wildman–Crippen MR) is 107 cm³/mol. The number of rotatable bonds is 5. The third-order valence-electron chi connectivity index (χ3n) is 5.17. The first-order valence-corrected chi connectivity index (χ1v) is 10.3. The number of aryl methyl sites for hydroxylation is 3. The maximum absolute atomic E-state index is 13.4. The van der Waals surface area contributed by atoms with Gasteiger partial charge in [0, 0.05) is 11.3 Å². The van der Waals surface area contributed by atoms with Crippen molar-refractivity contribution in [1.82, 2.24) is 9.55 Å². The minimum Gasteiger partial charge on any atom is -0.478 e. The van der Waals surface area contributed by atoms with Crippen LogP contribution in [-0.4, -0.2) is 20.6 Å². The molecule has 1 N–H and O–H groups in total. The van der Waals surface area contributed by atoms with Crippen molar-refractivity contribution in [3.8, 4) is 0 Å². The van der Waals surface area contributed by atoms with Crippen LogP contribution in [0.1, 0.15) is 58.4 Å². The molecule has 0 spiro atoms. The van der Waals surface area contributed by atoms with Gasteiger partial charge in [-0.3, -0.25) is 9.36 Å². The molecule has 0 fully saturated rings. The van der Waals surface area contributed by atoms with Gasteiger partial charge < -0.3 is 5.11 Å². The Hall–Kier alpha value is -2.47. The molecule has 0 bridgehead atoms. The Labute approximate surface area is 161 Å². The van der Waals surface area contributed by atoms with E-state index in [0.29, 0.717) is 6.54 Å². The summed E-state index contributed by atoms with van der Waals surface area (Å²) in [5, 5.41) is 9.87. The van der Waals surface area contributed by atoms with Crippen LogP contribution in [0.5, 0.6) is 0 Å². The van der Waals surface area contributed by atoms with Gasteiger partial charge in [-0.2, -0.15) is 0 Å². The lowest BCUT2D eigenvalue weighted by atomic mass is 9.97. The first-order valence-electron chi connectivity index (χ1n) is 9.44. The van der Waals surface area contributed by atoms with Crippen LogP contribution in [0.15, 0.2) is 29.1 Å². The highest BCUT2D eigenvalue weighted by Gasteiger charge is 2.22. The number of aromatic carboxylic acids is 1. The van der Waals surface area contributed by atoms with Crippen molar-refractivity contribution in [2.24, 2.45) is 0 Å². The van der Waals surface area contributed by atoms with Crippen LogP contribution in [0, 0.1) is 0 Å². The maximum Gasteiger partial charge on any atom is 0.335 e. The molecule has 2 heterocycles. The average molecular weight is 382 g/mol. The summed E-state index contributed by atoms with van der Waals surface area (Å²) in [5.41, 5.74) is 2.41. The number of nitrogens with zero attached hydrogens (tertiary/aromatic N) is 2. The normalized spacial score (nSPS) is 13.7. The first kappa shape index (κ1) is 17.9. The summed E-state index contributed by atoms with van der Waals surface area (Å²) >= 11 is 1.68. The molecule has 27 heavy (non-hydrogen) atoms. The predicted octanol–water partition coefficient (Wildman–Crippen LogP) is 4.04. The van der Waals surface area contributed by atoms with Gasteiger partial charge in [0.05, 0.1) is 17.5 Å². The molecule has 0 saturated heterocycles. The van der Waals surface area contributed by atoms with Crippen molar-refractivity contribution in [3.63, 3.8) is 0 Å². The molecule has 0 radical (unpaired) electrons. The van der Waals surface area contributed by atoms with E-state index in [1.165, 1.54) is 16.9 Å². The number of fused-ring (bicyclic) bond motifs is 3. The number of carboxylic acid groups (broad SMARTS) is 1. The highest BCUT2D eigenvalue weighted by Crippen LogP contribution is 2.34. The van der Waals surface area contributed by atoms with Gasteiger partial charge in [-0.1, -0.05) is 19.1 Å². The first-order chi connectivity index (χ1) is 13.1. The topological polar surface area (TPSA) is 72.2 Å². The fourth-order valence-electron chi connectivity index (χ4n) is 3.79. The third-order valence-corrected chi connectivity index (χ3v) is 6.35. The monoisotopic (exact) mass is 382 g/mol. The van der Waals surface area contributed by atoms with Crippen molar-refractivity contribution < 1.29 is 9.90 Å². The van der Waals surface area contributed by atoms with Crippen LogP contribution in [0.2, 0.25) is 0 Å². The molecule has 0 atom stereocenters. The zero-order valence-electron chi connectivity index (χ0n) is 15.3. The van der Waals surface area contributed by atoms with Gasteiger partial charge in [-0.05, 0) is 55.4 Å². The molecule has 6 heteroatoms. The molecule has 4 rings (SSSR count). The second kappa shape index (κ2) is 7.27. The standard InChI is InChI=1S/C21H22N2O3S/c1-2-5-17-22-19-18(15-6-3-4-7-16(15)27-19)20(24)23(17)12-13-8-10-14(11-9-13)21(25)26/h8-11H,2-7,12H2,1H3,(H,25,26). The summed E-state index contributed by atoms with van der Waals surface area (Å²) < 4.78 is 1.78. The van der Waals surface area contributed by atoms with Crippen LogP contribution in [0.25, 0.3) is 10.2 Å². The van der Waals surface area contributed by atoms with Gasteiger partial charge in [0.15, 0.2) is 0 Å². The lowest BCUT2D eigenvalue weighted by Gasteiger charge is -2.14. The third kappa shape index (κ3) is 3.30. The smallest absolute Gasteiger partial charge is 0.335 e. The van der Waals surface area contributed by atoms with E-state index in [9.17, 15) is 9.59 Å². The van der Waals surface area contributed by atoms with Gasteiger partial charge in [-0.25, -0.2) is 9.78 Å². The summed E-state index contributed by atoms with van der Waals surface area (Å²) in [5.74, 6) is -0.130. The van der Waals surface area contributed by atoms with Gasteiger partial charge in [0.2, 0.25) is 0 Å². The van der Waals surface area contributed by atoms with E-state index >= 15 is 0 Å². The Kier molecular flexibility index (Phi) is 4.83. The summed E-state index contributed by atoms with van der Waals surface area (Å²) in [6.45, 7) is 2.50. The van der Waals surface area contributed by atoms with Crippen molar-refractivity contribution in [2.75, 3.05) is 0 Å². The highest BCUT2D eigenvalue weighted by molar-refractivity contribution is 7.18. The number of thiophene rings is 1. The quantitative estimate of drug-likeness (QED) is 0.723. The lowest BCUT2D eigenvalue weighted by Crippen LogP contribution is -2.26. The lowest BCUT2D eigenvalue weighted by molar-refractivity contribution is 0.0697. The van der Waals surface area contributed by atoms with Crippen LogP contribution in [0.4, 0.5) is 0 Å². The van der Waals surface area contributed by atoms with E-state index in [0.717, 1.165) is 53.7 Å². The van der Waals surface area contributed by atoms with Crippen molar-refractivity contribution in [3.05, 3.63) is 62.0 Å². The molecule has 5 nitrogen and oxygen atoms in total. The van der Waals surface area contributed by atoms with Gasteiger partial charge in [-0.15, -0.1) is 11.3 Å². The SMILES string of the molecule is CCCc1nc2sc3c(c2c(=O)n1Cc1ccc(C(=O)O)cc1)CCCC3. The zero-order valence-corrected chi connectivity index (χ0v) is 16.1. The summed E-state index contributed by atoms with van der Waals surface area (Å²) in [4.78, 5) is 31.5. The number of hydrogen-bond donors (Lipinski definition) is 1. The largest absolute Gasteiger partial charge is 0.478 e. The molecule has 1 aliphatic rings. The second-order valence-electron chi connectivity index (χ2n) is 7.06. The summed E-state index contributed by atoms with van der Waals surface area (Å²) in [6, 6.07) is 6.72. The Bertz CT molecular complexity index is 1060. The fraction of sp³-hybridized carbons (Fsp3) is 0.381. The van der Waals surface area contributed by atoms with E-state index in [2.05, 4.69) is 6.92 Å². The molecular formula is C21H22N2O3S. The van der Waals surface area contributed by atoms with Crippen molar-refractivity contribution in [2.45, 2.75) is 52.0 Å². The van der Waals surface area contributed by atoms with Gasteiger partial charge in [0.1, 0.15) is 10.7 Å². The molecule has 1 aliphatic carbocycles. The Balaban J connectivity index is 1.82. The molecule has 0 amide bonds. The number of carboxylic acids is 1. The van der Waals surface area contributed by atoms with Crippen molar-refractivity contribution >= 4 is 27.5 Å². The minimum absolute atomic E-state index is 0.0464. The van der Waals surface area contributed by atoms with Gasteiger partial charge >= 0.3 is 5.97 Å². The van der Waals surface area contributed by atoms with E-state index in [-0.39, 0.29) is 11.1 Å². The van der Waals surface area contributed by atoms with Gasteiger partial charge in [0.25, 0.3) is 5.56 Å². The van der Waals surface area contributed by atoms with E-state index in [4.69, 9.17) is 10.1 Å². The van der Waals surface area contributed by atoms with Crippen LogP contribution in [-0.2, 0) is 25.8 Å². The van der Waals surface area contributed by atoms with Crippen LogP contribution < -0.4 is 5.56 Å². The van der Waals surface area contributed by atoms with E-state index in [1.54, 1.807) is 40.2 Å². The Morgan fingerprint density at radius 1 is 1.22 bits per heavy atom. The fourth-order valence-corrected chi connectivity index (χ4v) is 5.06. The molecule has 140 valence electrons. The number of benzene rings is 1. The molecule has 0 unspecified atom stereocenters. The Morgan fingerprint density at radius 3 is 2.67 bits per heavy atom. The van der Waals surface area contributed by atoms with E-state index in [1.807, 2.05) is 0 Å². The zero-order chi connectivity index (χ0) is 19.0. The summed E-state index contributed by atoms with van der Waals surface area (Å²) in [7, 11) is 0. The Morgan fingerprint density at radius 2 is 1.96 bits per heavy atom. The van der Waals surface area contributed by atoms with Crippen LogP contribution >= 0.6 is 11.3 Å². The number of carbonyl (C=O) groups is 1. The average Bonchev–Trinajstić information content (AvgIpc) is 3.04. The molecule has 0 saturated carbocycles. The highest BCUT2D eigenvalue weighted by atomic mass is 32.1. The molecule has 2 aromatic heterocycles. The number of aromatic nitrogens is 2. The second-order valence-corrected chi connectivity index (χ2v) is 8.15. The van der Waals surface area contributed by atoms with Crippen LogP contribution in [0.3, 0.4) is 0 Å². The molecule has 0 aliphatic heterocycles. The molecule has 3 aromatic rings. The van der Waals surface area contributed by atoms with Crippen molar-refractivity contribution in [1.29, 1.82) is 0 Å². The van der Waals surface area contributed by atoms with E-state index < -0.39 is 5.97 Å². The maximum atomic E-state index is 13.4. The molecule has 1 aromatic carbocycles. The molecular weight excluding hydrogens is 360 g/mol. The minimum atomic E-state index is -0.946. The summed E-state index contributed by atoms with van der Waals surface area (Å²) in [6.07, 6.45) is 6.00.